The van der Waals surface area contributed by atoms with Crippen LogP contribution in [0.4, 0.5) is 0 Å². The third-order valence-corrected chi connectivity index (χ3v) is 6.81. The van der Waals surface area contributed by atoms with E-state index in [4.69, 9.17) is 9.72 Å². The van der Waals surface area contributed by atoms with Gasteiger partial charge in [0.15, 0.2) is 0 Å². The molecule has 0 N–H and O–H groups in total. The number of pyridine rings is 1. The Bertz CT molecular complexity index is 1270. The van der Waals surface area contributed by atoms with Crippen LogP contribution in [0.25, 0.3) is 22.0 Å². The highest BCUT2D eigenvalue weighted by Crippen LogP contribution is 2.38. The van der Waals surface area contributed by atoms with Gasteiger partial charge in [-0.15, -0.1) is 0 Å². The van der Waals surface area contributed by atoms with E-state index in [0.717, 1.165) is 36.7 Å². The molecule has 1 atom stereocenters. The van der Waals surface area contributed by atoms with E-state index in [0.29, 0.717) is 6.04 Å². The van der Waals surface area contributed by atoms with Gasteiger partial charge in [-0.3, -0.25) is 9.88 Å². The van der Waals surface area contributed by atoms with Crippen LogP contribution in [0.1, 0.15) is 40.4 Å². The Balaban J connectivity index is 1.59. The fraction of sp³-hybridized carbons (Fsp3) is 0.276. The fourth-order valence-electron chi connectivity index (χ4n) is 5.16. The molecule has 0 spiro atoms. The van der Waals surface area contributed by atoms with E-state index in [1.54, 1.807) is 0 Å². The van der Waals surface area contributed by atoms with Gasteiger partial charge in [-0.25, -0.2) is 0 Å². The lowest BCUT2D eigenvalue weighted by Gasteiger charge is -2.33. The van der Waals surface area contributed by atoms with Crippen molar-refractivity contribution in [3.63, 3.8) is 0 Å². The van der Waals surface area contributed by atoms with Crippen LogP contribution in [0.5, 0.6) is 5.75 Å². The number of nitrogens with zero attached hydrogens (tertiary/aromatic N) is 2. The van der Waals surface area contributed by atoms with E-state index in [1.165, 1.54) is 38.6 Å². The first-order chi connectivity index (χ1) is 15.5. The van der Waals surface area contributed by atoms with Crippen molar-refractivity contribution < 1.29 is 4.74 Å². The van der Waals surface area contributed by atoms with Crippen LogP contribution in [-0.4, -0.2) is 23.5 Å². The van der Waals surface area contributed by atoms with Gasteiger partial charge in [-0.2, -0.15) is 0 Å². The van der Waals surface area contributed by atoms with Gasteiger partial charge < -0.3 is 4.74 Å². The van der Waals surface area contributed by atoms with Gasteiger partial charge in [0.25, 0.3) is 0 Å². The minimum absolute atomic E-state index is 0.344. The van der Waals surface area contributed by atoms with E-state index < -0.39 is 0 Å². The van der Waals surface area contributed by atoms with Crippen LogP contribution in [0.15, 0.2) is 66.7 Å². The third-order valence-electron chi connectivity index (χ3n) is 6.81. The first-order valence-corrected chi connectivity index (χ1v) is 11.4. The summed E-state index contributed by atoms with van der Waals surface area (Å²) in [5.41, 5.74) is 8.58. The van der Waals surface area contributed by atoms with Crippen LogP contribution >= 0.6 is 0 Å². The normalized spacial score (nSPS) is 15.6. The second-order valence-electron chi connectivity index (χ2n) is 8.94. The quantitative estimate of drug-likeness (QED) is 0.362. The first-order valence-electron chi connectivity index (χ1n) is 11.4. The minimum atomic E-state index is 0.344. The molecule has 0 saturated heterocycles. The van der Waals surface area contributed by atoms with Crippen LogP contribution in [0, 0.1) is 20.8 Å². The molecule has 0 aliphatic carbocycles. The standard InChI is InChI=1S/C29H30N2O/c1-19-10-9-11-20(2)28(19)29-23-13-6-5-12-22(23)25(21(3)30-29)18-31(4)26-16-17-32-27-15-8-7-14-24(26)27/h5-15,26H,16-18H2,1-4H3. The molecule has 0 amide bonds. The molecule has 1 aliphatic heterocycles. The monoisotopic (exact) mass is 422 g/mol. The molecule has 0 radical (unpaired) electrons. The Labute approximate surface area is 190 Å². The molecule has 0 saturated carbocycles. The van der Waals surface area contributed by atoms with Crippen LogP contribution in [0.3, 0.4) is 0 Å². The number of aryl methyl sites for hydroxylation is 3. The molecule has 162 valence electrons. The summed E-state index contributed by atoms with van der Waals surface area (Å²) in [4.78, 5) is 7.64. The average Bonchev–Trinajstić information content (AvgIpc) is 2.80. The number of aromatic nitrogens is 1. The number of ether oxygens (including phenoxy) is 1. The van der Waals surface area contributed by atoms with Crippen LogP contribution in [0.2, 0.25) is 0 Å². The largest absolute Gasteiger partial charge is 0.493 e. The van der Waals surface area contributed by atoms with Crippen molar-refractivity contribution in [3.05, 3.63) is 94.7 Å². The molecule has 0 fully saturated rings. The maximum Gasteiger partial charge on any atom is 0.124 e. The van der Waals surface area contributed by atoms with Crippen molar-refractivity contribution in [3.8, 4) is 17.0 Å². The predicted octanol–water partition coefficient (Wildman–Crippen LogP) is 6.78. The van der Waals surface area contributed by atoms with Crippen molar-refractivity contribution in [2.75, 3.05) is 13.7 Å². The Morgan fingerprint density at radius 2 is 1.56 bits per heavy atom. The molecular weight excluding hydrogens is 392 g/mol. The molecule has 5 rings (SSSR count). The Kier molecular flexibility index (Phi) is 5.44. The zero-order chi connectivity index (χ0) is 22.2. The van der Waals surface area contributed by atoms with Crippen molar-refractivity contribution in [1.82, 2.24) is 9.88 Å². The average molecular weight is 423 g/mol. The number of hydrogen-bond donors (Lipinski definition) is 0. The Morgan fingerprint density at radius 3 is 2.34 bits per heavy atom. The van der Waals surface area contributed by atoms with Gasteiger partial charge in [-0.05, 0) is 56.0 Å². The molecule has 32 heavy (non-hydrogen) atoms. The molecule has 2 heterocycles. The lowest BCUT2D eigenvalue weighted by molar-refractivity contribution is 0.161. The smallest absolute Gasteiger partial charge is 0.124 e. The lowest BCUT2D eigenvalue weighted by atomic mass is 9.93. The molecule has 3 nitrogen and oxygen atoms in total. The number of rotatable bonds is 4. The summed E-state index contributed by atoms with van der Waals surface area (Å²) in [5.74, 6) is 1.01. The highest BCUT2D eigenvalue weighted by molar-refractivity contribution is 5.98. The van der Waals surface area contributed by atoms with Crippen molar-refractivity contribution >= 4 is 10.8 Å². The second kappa shape index (κ2) is 8.40. The zero-order valence-electron chi connectivity index (χ0n) is 19.4. The van der Waals surface area contributed by atoms with Gasteiger partial charge in [0.1, 0.15) is 5.75 Å². The third kappa shape index (κ3) is 3.57. The Hall–Kier alpha value is -3.17. The second-order valence-corrected chi connectivity index (χ2v) is 8.94. The maximum absolute atomic E-state index is 5.90. The van der Waals surface area contributed by atoms with E-state index in [2.05, 4.69) is 99.4 Å². The number of para-hydroxylation sites is 1. The van der Waals surface area contributed by atoms with Gasteiger partial charge in [0.05, 0.1) is 12.3 Å². The van der Waals surface area contributed by atoms with Gasteiger partial charge in [0.2, 0.25) is 0 Å². The van der Waals surface area contributed by atoms with Crippen LogP contribution in [-0.2, 0) is 6.54 Å². The maximum atomic E-state index is 5.90. The van der Waals surface area contributed by atoms with Crippen molar-refractivity contribution in [2.24, 2.45) is 0 Å². The lowest BCUT2D eigenvalue weighted by Crippen LogP contribution is -2.29. The SMILES string of the molecule is Cc1cccc(C)c1-c1nc(C)c(CN(C)C2CCOc3ccccc32)c2ccccc12. The molecule has 4 aromatic rings. The molecule has 1 aromatic heterocycles. The number of benzene rings is 3. The van der Waals surface area contributed by atoms with E-state index >= 15 is 0 Å². The summed E-state index contributed by atoms with van der Waals surface area (Å²) >= 11 is 0. The summed E-state index contributed by atoms with van der Waals surface area (Å²) in [5, 5.41) is 2.52. The zero-order valence-corrected chi connectivity index (χ0v) is 19.4. The summed E-state index contributed by atoms with van der Waals surface area (Å²) in [6.45, 7) is 8.13. The molecular formula is C29H30N2O. The molecule has 1 unspecified atom stereocenters. The van der Waals surface area contributed by atoms with Crippen molar-refractivity contribution in [2.45, 2.75) is 39.8 Å². The summed E-state index contributed by atoms with van der Waals surface area (Å²) < 4.78 is 5.90. The molecule has 1 aliphatic rings. The molecule has 0 bridgehead atoms. The topological polar surface area (TPSA) is 25.4 Å². The van der Waals surface area contributed by atoms with Gasteiger partial charge >= 0.3 is 0 Å². The van der Waals surface area contributed by atoms with Gasteiger partial charge in [0, 0.05) is 41.2 Å². The summed E-state index contributed by atoms with van der Waals surface area (Å²) in [6.07, 6.45) is 0.998. The first kappa shape index (κ1) is 20.7. The minimum Gasteiger partial charge on any atom is -0.493 e. The molecule has 3 aromatic carbocycles. The number of fused-ring (bicyclic) bond motifs is 2. The van der Waals surface area contributed by atoms with E-state index in [9.17, 15) is 0 Å². The fourth-order valence-corrected chi connectivity index (χ4v) is 5.16. The Morgan fingerprint density at radius 1 is 0.875 bits per heavy atom. The van der Waals surface area contributed by atoms with Gasteiger partial charge in [-0.1, -0.05) is 60.7 Å². The van der Waals surface area contributed by atoms with E-state index in [1.807, 2.05) is 0 Å². The summed E-state index contributed by atoms with van der Waals surface area (Å²) in [7, 11) is 2.22. The van der Waals surface area contributed by atoms with Crippen LogP contribution < -0.4 is 4.74 Å². The summed E-state index contributed by atoms with van der Waals surface area (Å²) in [6, 6.07) is 24.0. The van der Waals surface area contributed by atoms with Crippen molar-refractivity contribution in [1.29, 1.82) is 0 Å². The number of hydrogen-bond acceptors (Lipinski definition) is 3. The highest BCUT2D eigenvalue weighted by Gasteiger charge is 2.26. The van der Waals surface area contributed by atoms with E-state index in [-0.39, 0.29) is 0 Å². The highest BCUT2D eigenvalue weighted by atomic mass is 16.5. The molecule has 3 heteroatoms. The predicted molar refractivity (Wildman–Crippen MR) is 132 cm³/mol.